The molecule has 0 spiro atoms. The van der Waals surface area contributed by atoms with Gasteiger partial charge < -0.3 is 5.32 Å². The Labute approximate surface area is 120 Å². The Bertz CT molecular complexity index is 421. The summed E-state index contributed by atoms with van der Waals surface area (Å²) in [5.74, 6) is 1.32. The largest absolute Gasteiger partial charge is 0.314 e. The summed E-state index contributed by atoms with van der Waals surface area (Å²) in [6, 6.07) is 5.21. The van der Waals surface area contributed by atoms with Gasteiger partial charge >= 0.3 is 0 Å². The highest BCUT2D eigenvalue weighted by Gasteiger charge is 2.28. The van der Waals surface area contributed by atoms with E-state index in [1.807, 2.05) is 0 Å². The highest BCUT2D eigenvalue weighted by atomic mass is 35.5. The fourth-order valence-electron chi connectivity index (χ4n) is 3.22. The molecule has 0 bridgehead atoms. The Hall–Kier alpha value is -0.600. The van der Waals surface area contributed by atoms with Crippen LogP contribution in [0.25, 0.3) is 0 Å². The molecule has 3 unspecified atom stereocenters. The van der Waals surface area contributed by atoms with Crippen LogP contribution in [0.2, 0.25) is 5.02 Å². The second-order valence-electron chi connectivity index (χ2n) is 5.78. The summed E-state index contributed by atoms with van der Waals surface area (Å²) < 4.78 is 13.8. The van der Waals surface area contributed by atoms with Crippen molar-refractivity contribution in [2.24, 2.45) is 11.8 Å². The van der Waals surface area contributed by atoms with Crippen molar-refractivity contribution in [1.82, 2.24) is 5.32 Å². The molecule has 19 heavy (non-hydrogen) atoms. The minimum absolute atomic E-state index is 0.140. The summed E-state index contributed by atoms with van der Waals surface area (Å²) in [6.07, 6.45) is 4.53. The molecule has 1 nitrogen and oxygen atoms in total. The van der Waals surface area contributed by atoms with E-state index in [9.17, 15) is 4.39 Å². The van der Waals surface area contributed by atoms with Crippen LogP contribution in [0.15, 0.2) is 18.2 Å². The van der Waals surface area contributed by atoms with E-state index in [0.717, 1.165) is 24.4 Å². The maximum Gasteiger partial charge on any atom is 0.126 e. The van der Waals surface area contributed by atoms with Gasteiger partial charge in [0, 0.05) is 11.1 Å². The molecule has 0 radical (unpaired) electrons. The van der Waals surface area contributed by atoms with Crippen molar-refractivity contribution in [3.8, 4) is 0 Å². The van der Waals surface area contributed by atoms with E-state index in [1.165, 1.54) is 25.3 Å². The van der Waals surface area contributed by atoms with Gasteiger partial charge in [-0.15, -0.1) is 0 Å². The third kappa shape index (κ3) is 3.93. The number of rotatable bonds is 5. The molecular formula is C16H23ClFN. The predicted molar refractivity (Wildman–Crippen MR) is 79.1 cm³/mol. The van der Waals surface area contributed by atoms with Crippen molar-refractivity contribution >= 4 is 11.6 Å². The van der Waals surface area contributed by atoms with Crippen molar-refractivity contribution in [3.05, 3.63) is 34.6 Å². The van der Waals surface area contributed by atoms with Gasteiger partial charge in [-0.25, -0.2) is 4.39 Å². The second kappa shape index (κ2) is 6.71. The van der Waals surface area contributed by atoms with Gasteiger partial charge in [0.2, 0.25) is 0 Å². The van der Waals surface area contributed by atoms with Gasteiger partial charge in [-0.3, -0.25) is 0 Å². The lowest BCUT2D eigenvalue weighted by Crippen LogP contribution is -2.37. The zero-order valence-electron chi connectivity index (χ0n) is 11.8. The van der Waals surface area contributed by atoms with Gasteiger partial charge in [-0.1, -0.05) is 31.9 Å². The van der Waals surface area contributed by atoms with Crippen molar-refractivity contribution in [2.75, 3.05) is 6.54 Å². The van der Waals surface area contributed by atoms with Crippen molar-refractivity contribution < 1.29 is 4.39 Å². The van der Waals surface area contributed by atoms with Crippen LogP contribution in [-0.2, 0) is 6.42 Å². The van der Waals surface area contributed by atoms with Crippen LogP contribution >= 0.6 is 11.6 Å². The van der Waals surface area contributed by atoms with Crippen molar-refractivity contribution in [2.45, 2.75) is 45.6 Å². The zero-order chi connectivity index (χ0) is 13.8. The first-order valence-corrected chi connectivity index (χ1v) is 7.65. The number of hydrogen-bond acceptors (Lipinski definition) is 1. The Morgan fingerprint density at radius 2 is 2.21 bits per heavy atom. The molecule has 3 heteroatoms. The van der Waals surface area contributed by atoms with E-state index < -0.39 is 0 Å². The molecular weight excluding hydrogens is 261 g/mol. The van der Waals surface area contributed by atoms with Gasteiger partial charge in [0.15, 0.2) is 0 Å². The first-order valence-electron chi connectivity index (χ1n) is 7.27. The molecule has 1 aromatic rings. The number of nitrogens with one attached hydrogen (secondary N) is 1. The molecule has 0 heterocycles. The summed E-state index contributed by atoms with van der Waals surface area (Å²) in [6.45, 7) is 5.35. The number of halogens is 2. The van der Waals surface area contributed by atoms with Crippen LogP contribution in [0, 0.1) is 17.7 Å². The van der Waals surface area contributed by atoms with E-state index >= 15 is 0 Å². The molecule has 0 saturated heterocycles. The highest BCUT2D eigenvalue weighted by molar-refractivity contribution is 6.30. The van der Waals surface area contributed by atoms with Crippen LogP contribution in [0.3, 0.4) is 0 Å². The van der Waals surface area contributed by atoms with Crippen molar-refractivity contribution in [1.29, 1.82) is 0 Å². The van der Waals surface area contributed by atoms with Gasteiger partial charge in [-0.05, 0) is 61.4 Å². The minimum atomic E-state index is -0.140. The molecule has 2 rings (SSSR count). The molecule has 1 saturated carbocycles. The number of benzene rings is 1. The fourth-order valence-corrected chi connectivity index (χ4v) is 3.42. The topological polar surface area (TPSA) is 12.0 Å². The molecule has 1 N–H and O–H groups in total. The Balaban J connectivity index is 2.09. The number of hydrogen-bond donors (Lipinski definition) is 1. The van der Waals surface area contributed by atoms with Crippen LogP contribution in [-0.4, -0.2) is 12.6 Å². The zero-order valence-corrected chi connectivity index (χ0v) is 12.5. The Morgan fingerprint density at radius 1 is 1.42 bits per heavy atom. The summed E-state index contributed by atoms with van der Waals surface area (Å²) >= 11 is 5.97. The molecule has 0 aromatic heterocycles. The highest BCUT2D eigenvalue weighted by Crippen LogP contribution is 2.34. The summed E-state index contributed by atoms with van der Waals surface area (Å²) in [4.78, 5) is 0. The van der Waals surface area contributed by atoms with Crippen LogP contribution in [0.4, 0.5) is 4.39 Å². The quantitative estimate of drug-likeness (QED) is 0.843. The van der Waals surface area contributed by atoms with Crippen molar-refractivity contribution in [3.63, 3.8) is 0 Å². The molecule has 1 aliphatic carbocycles. The van der Waals surface area contributed by atoms with Crippen LogP contribution in [0.1, 0.15) is 38.7 Å². The average molecular weight is 284 g/mol. The predicted octanol–water partition coefficient (Wildman–Crippen LogP) is 4.44. The van der Waals surface area contributed by atoms with Crippen LogP contribution < -0.4 is 5.32 Å². The normalized spacial score (nSPS) is 24.6. The Morgan fingerprint density at radius 3 is 2.84 bits per heavy atom. The first-order chi connectivity index (χ1) is 9.10. The molecule has 106 valence electrons. The fraction of sp³-hybridized carbons (Fsp3) is 0.625. The van der Waals surface area contributed by atoms with Gasteiger partial charge in [-0.2, -0.15) is 0 Å². The molecule has 0 aliphatic heterocycles. The third-order valence-electron chi connectivity index (χ3n) is 4.22. The standard InChI is InChI=1S/C16H23ClFN/c1-3-19-16(12-5-4-11(2)8-12)10-13-9-14(17)6-7-15(13)18/h6-7,9,11-12,16,19H,3-5,8,10H2,1-2H3. The summed E-state index contributed by atoms with van der Waals surface area (Å²) in [5, 5.41) is 4.15. The van der Waals surface area contributed by atoms with Gasteiger partial charge in [0.05, 0.1) is 0 Å². The summed E-state index contributed by atoms with van der Waals surface area (Å²) in [5.41, 5.74) is 0.734. The first kappa shape index (κ1) is 14.8. The van der Waals surface area contributed by atoms with E-state index in [0.29, 0.717) is 17.0 Å². The van der Waals surface area contributed by atoms with E-state index in [4.69, 9.17) is 11.6 Å². The number of likely N-dealkylation sites (N-methyl/N-ethyl adjacent to an activating group) is 1. The maximum absolute atomic E-state index is 13.8. The lowest BCUT2D eigenvalue weighted by molar-refractivity contribution is 0.350. The summed E-state index contributed by atoms with van der Waals surface area (Å²) in [7, 11) is 0. The lowest BCUT2D eigenvalue weighted by Gasteiger charge is -2.25. The molecule has 1 aliphatic rings. The smallest absolute Gasteiger partial charge is 0.126 e. The average Bonchev–Trinajstić information content (AvgIpc) is 2.80. The SMILES string of the molecule is CCNC(Cc1cc(Cl)ccc1F)C1CCC(C)C1. The van der Waals surface area contributed by atoms with E-state index in [-0.39, 0.29) is 5.82 Å². The van der Waals surface area contributed by atoms with E-state index in [1.54, 1.807) is 12.1 Å². The maximum atomic E-state index is 13.8. The monoisotopic (exact) mass is 283 g/mol. The Kier molecular flexibility index (Phi) is 5.23. The molecule has 0 amide bonds. The molecule has 1 fully saturated rings. The van der Waals surface area contributed by atoms with E-state index in [2.05, 4.69) is 19.2 Å². The lowest BCUT2D eigenvalue weighted by atomic mass is 9.91. The minimum Gasteiger partial charge on any atom is -0.314 e. The molecule has 1 aromatic carbocycles. The van der Waals surface area contributed by atoms with Crippen LogP contribution in [0.5, 0.6) is 0 Å². The second-order valence-corrected chi connectivity index (χ2v) is 6.22. The third-order valence-corrected chi connectivity index (χ3v) is 4.45. The van der Waals surface area contributed by atoms with Gasteiger partial charge in [0.1, 0.15) is 5.82 Å². The van der Waals surface area contributed by atoms with Gasteiger partial charge in [0.25, 0.3) is 0 Å². The molecule has 3 atom stereocenters.